The van der Waals surface area contributed by atoms with Crippen molar-refractivity contribution in [1.82, 2.24) is 15.1 Å². The second kappa shape index (κ2) is 10.3. The molecular weight excluding hydrogens is 436 g/mol. The molecule has 0 spiro atoms. The van der Waals surface area contributed by atoms with Crippen molar-refractivity contribution in [1.29, 1.82) is 0 Å². The van der Waals surface area contributed by atoms with Crippen LogP contribution in [0.25, 0.3) is 0 Å². The molecule has 3 aromatic rings. The van der Waals surface area contributed by atoms with E-state index in [4.69, 9.17) is 9.47 Å². The van der Waals surface area contributed by atoms with Gasteiger partial charge in [-0.2, -0.15) is 0 Å². The molecule has 0 aliphatic carbocycles. The summed E-state index contributed by atoms with van der Waals surface area (Å²) in [7, 11) is 1.89. The lowest BCUT2D eigenvalue weighted by Crippen LogP contribution is -2.39. The van der Waals surface area contributed by atoms with E-state index >= 15 is 0 Å². The van der Waals surface area contributed by atoms with Crippen molar-refractivity contribution in [3.8, 4) is 11.6 Å². The minimum atomic E-state index is -1.44. The lowest BCUT2D eigenvalue weighted by Gasteiger charge is -2.20. The molecule has 1 aromatic heterocycles. The maximum atomic E-state index is 13.2. The van der Waals surface area contributed by atoms with Gasteiger partial charge in [0.2, 0.25) is 5.88 Å². The summed E-state index contributed by atoms with van der Waals surface area (Å²) in [6, 6.07) is 15.6. The third-order valence-electron chi connectivity index (χ3n) is 5.08. The molecular formula is C24H30N4O4Si. The number of rotatable bonds is 9. The Bertz CT molecular complexity index is 1090. The van der Waals surface area contributed by atoms with Crippen molar-refractivity contribution in [3.05, 3.63) is 66.4 Å². The molecule has 0 fully saturated rings. The minimum Gasteiger partial charge on any atom is -0.497 e. The first-order valence-corrected chi connectivity index (χ1v) is 14.1. The number of methoxy groups -OCH3 is 1. The Hall–Kier alpha value is -3.59. The topological polar surface area (TPSA) is 94.5 Å². The number of ether oxygens (including phenoxy) is 2. The largest absolute Gasteiger partial charge is 0.497 e. The van der Waals surface area contributed by atoms with Crippen LogP contribution in [0.4, 0.5) is 5.69 Å². The summed E-state index contributed by atoms with van der Waals surface area (Å²) in [5, 5.41) is 11.0. The van der Waals surface area contributed by atoms with E-state index in [9.17, 15) is 9.59 Å². The average Bonchev–Trinajstić information content (AvgIpc) is 3.21. The molecule has 1 unspecified atom stereocenters. The van der Waals surface area contributed by atoms with Gasteiger partial charge in [-0.25, -0.2) is 0 Å². The normalized spacial score (nSPS) is 12.0. The van der Waals surface area contributed by atoms with Gasteiger partial charge in [0.05, 0.1) is 15.2 Å². The molecule has 3 rings (SSSR count). The number of anilines is 1. The molecule has 0 saturated heterocycles. The van der Waals surface area contributed by atoms with Crippen molar-refractivity contribution >= 4 is 30.8 Å². The predicted molar refractivity (Wildman–Crippen MR) is 131 cm³/mol. The molecule has 0 aliphatic heterocycles. The number of aryl methyl sites for hydroxylation is 1. The Balaban J connectivity index is 1.73. The molecule has 1 atom stereocenters. The van der Waals surface area contributed by atoms with E-state index in [1.54, 1.807) is 55.4 Å². The van der Waals surface area contributed by atoms with E-state index in [1.165, 1.54) is 5.19 Å². The number of aromatic nitrogens is 2. The van der Waals surface area contributed by atoms with Crippen LogP contribution >= 0.6 is 0 Å². The lowest BCUT2D eigenvalue weighted by molar-refractivity contribution is -0.128. The molecule has 33 heavy (non-hydrogen) atoms. The molecule has 2 amide bonds. The highest BCUT2D eigenvalue weighted by Crippen LogP contribution is 2.20. The van der Waals surface area contributed by atoms with Gasteiger partial charge in [-0.05, 0) is 29.8 Å². The number of hydrogen-bond donors (Lipinski definition) is 2. The van der Waals surface area contributed by atoms with Gasteiger partial charge in [0.15, 0.2) is 6.61 Å². The maximum Gasteiger partial charge on any atom is 0.258 e. The van der Waals surface area contributed by atoms with Crippen LogP contribution in [0.1, 0.15) is 11.6 Å². The molecule has 2 N–H and O–H groups in total. The van der Waals surface area contributed by atoms with E-state index in [0.717, 1.165) is 0 Å². The van der Waals surface area contributed by atoms with E-state index in [2.05, 4.69) is 35.4 Å². The van der Waals surface area contributed by atoms with Crippen LogP contribution in [-0.2, 0) is 16.6 Å². The van der Waals surface area contributed by atoms with Gasteiger partial charge in [0.25, 0.3) is 11.8 Å². The number of amides is 2. The van der Waals surface area contributed by atoms with Gasteiger partial charge in [0, 0.05) is 25.0 Å². The van der Waals surface area contributed by atoms with E-state index in [-0.39, 0.29) is 12.5 Å². The molecule has 0 radical (unpaired) electrons. The third kappa shape index (κ3) is 6.69. The fourth-order valence-corrected chi connectivity index (χ4v) is 4.34. The monoisotopic (exact) mass is 466 g/mol. The van der Waals surface area contributed by atoms with Crippen molar-refractivity contribution in [3.63, 3.8) is 0 Å². The first kappa shape index (κ1) is 24.1. The highest BCUT2D eigenvalue weighted by atomic mass is 28.3. The Labute approximate surface area is 194 Å². The average molecular weight is 467 g/mol. The highest BCUT2D eigenvalue weighted by Gasteiger charge is 2.24. The Kier molecular flexibility index (Phi) is 7.54. The molecule has 8 nitrogen and oxygen atoms in total. The summed E-state index contributed by atoms with van der Waals surface area (Å²) in [6.45, 7) is 6.54. The first-order valence-electron chi connectivity index (χ1n) is 10.6. The summed E-state index contributed by atoms with van der Waals surface area (Å²) in [4.78, 5) is 25.7. The number of nitrogens with zero attached hydrogens (tertiary/aromatic N) is 2. The summed E-state index contributed by atoms with van der Waals surface area (Å²) in [5.41, 5.74) is 1.29. The molecule has 1 heterocycles. The van der Waals surface area contributed by atoms with Crippen LogP contribution in [0.3, 0.4) is 0 Å². The van der Waals surface area contributed by atoms with Gasteiger partial charge in [-0.3, -0.25) is 14.3 Å². The smallest absolute Gasteiger partial charge is 0.258 e. The van der Waals surface area contributed by atoms with Crippen LogP contribution < -0.4 is 25.3 Å². The SMILES string of the molecule is COc1ccc(C(NC(=O)COc2ccn(C)n2)C(=O)Nc2ccc([Si](C)(C)C)cc2)cc1. The molecule has 0 saturated carbocycles. The Morgan fingerprint density at radius 1 is 1.03 bits per heavy atom. The highest BCUT2D eigenvalue weighted by molar-refractivity contribution is 6.88. The zero-order valence-corrected chi connectivity index (χ0v) is 20.6. The zero-order valence-electron chi connectivity index (χ0n) is 19.6. The molecule has 0 aliphatic rings. The molecule has 9 heteroatoms. The zero-order chi connectivity index (χ0) is 24.0. The van der Waals surface area contributed by atoms with Crippen molar-refractivity contribution < 1.29 is 19.1 Å². The first-order chi connectivity index (χ1) is 15.7. The summed E-state index contributed by atoms with van der Waals surface area (Å²) in [6.07, 6.45) is 1.72. The Morgan fingerprint density at radius 2 is 1.70 bits per heavy atom. The van der Waals surface area contributed by atoms with Crippen LogP contribution in [0, 0.1) is 0 Å². The quantitative estimate of drug-likeness (QED) is 0.473. The Morgan fingerprint density at radius 3 is 2.24 bits per heavy atom. The van der Waals surface area contributed by atoms with Gasteiger partial charge in [-0.1, -0.05) is 49.1 Å². The van der Waals surface area contributed by atoms with Gasteiger partial charge >= 0.3 is 0 Å². The van der Waals surface area contributed by atoms with Gasteiger partial charge in [0.1, 0.15) is 11.8 Å². The minimum absolute atomic E-state index is 0.262. The molecule has 2 aromatic carbocycles. The van der Waals surface area contributed by atoms with Crippen molar-refractivity contribution in [2.24, 2.45) is 7.05 Å². The summed E-state index contributed by atoms with van der Waals surface area (Å²) >= 11 is 0. The number of nitrogens with one attached hydrogen (secondary N) is 2. The molecule has 0 bridgehead atoms. The number of carbonyl (C=O) groups excluding carboxylic acids is 2. The number of benzene rings is 2. The maximum absolute atomic E-state index is 13.2. The summed E-state index contributed by atoms with van der Waals surface area (Å²) < 4.78 is 12.2. The second-order valence-electron chi connectivity index (χ2n) is 8.71. The van der Waals surface area contributed by atoms with Crippen molar-refractivity contribution in [2.75, 3.05) is 19.0 Å². The number of hydrogen-bond acceptors (Lipinski definition) is 5. The van der Waals surface area contributed by atoms with E-state index in [1.807, 2.05) is 24.3 Å². The van der Waals surface area contributed by atoms with E-state index < -0.39 is 20.0 Å². The van der Waals surface area contributed by atoms with Gasteiger partial charge < -0.3 is 20.1 Å². The van der Waals surface area contributed by atoms with Crippen molar-refractivity contribution in [2.45, 2.75) is 25.7 Å². The van der Waals surface area contributed by atoms with Crippen LogP contribution in [0.5, 0.6) is 11.6 Å². The number of carbonyl (C=O) groups is 2. The fourth-order valence-electron chi connectivity index (χ4n) is 3.18. The van der Waals surface area contributed by atoms with Crippen LogP contribution in [-0.4, -0.2) is 43.4 Å². The second-order valence-corrected chi connectivity index (χ2v) is 13.8. The standard InChI is InChI=1S/C24H30N4O4Si/c1-28-15-14-22(27-28)32-16-21(29)26-23(17-6-10-19(31-2)11-7-17)24(30)25-18-8-12-20(13-9-18)33(3,4)5/h6-15,23H,16H2,1-5H3,(H,25,30)(H,26,29). The lowest BCUT2D eigenvalue weighted by atomic mass is 10.1. The third-order valence-corrected chi connectivity index (χ3v) is 7.14. The van der Waals surface area contributed by atoms with E-state index in [0.29, 0.717) is 22.9 Å². The van der Waals surface area contributed by atoms with Crippen LogP contribution in [0.2, 0.25) is 19.6 Å². The molecule has 174 valence electrons. The van der Waals surface area contributed by atoms with Gasteiger partial charge in [-0.15, -0.1) is 5.10 Å². The van der Waals surface area contributed by atoms with Crippen LogP contribution in [0.15, 0.2) is 60.8 Å². The summed E-state index contributed by atoms with van der Waals surface area (Å²) in [5.74, 6) is 0.197. The predicted octanol–water partition coefficient (Wildman–Crippen LogP) is 2.85. The fraction of sp³-hybridized carbons (Fsp3) is 0.292.